The highest BCUT2D eigenvalue weighted by Gasteiger charge is 2.41. The number of aldehydes is 1. The van der Waals surface area contributed by atoms with Crippen LogP contribution in [0.4, 0.5) is 37.7 Å². The topological polar surface area (TPSA) is 128 Å². The smallest absolute Gasteiger partial charge is 0.420 e. The number of hydrogen-bond donors (Lipinski definition) is 1. The summed E-state index contributed by atoms with van der Waals surface area (Å²) in [4.78, 5) is 45.9. The lowest BCUT2D eigenvalue weighted by molar-refractivity contribution is -0.141. The quantitative estimate of drug-likeness (QED) is 0.0649. The standard InChI is InChI=1S/C43H50F6N6O5S/c1-26-12-11-17-54(26)39(58)38(41(2,3)4)52-34(57)24-59-18-9-8-10-19-60-33-16-14-27(20-30(33)44)37-31(45)21-29(23-51-37)55(42(5,6)25-56)40(61)53(7)32-15-13-28(22-50)35(36(32)46)43(47,48)49/h13-16,20-21,23,25-26,38H,8-12,17-19,24H2,1-7H3,(H,52,57). The van der Waals surface area contributed by atoms with Gasteiger partial charge < -0.3 is 34.3 Å². The molecule has 0 bridgehead atoms. The lowest BCUT2D eigenvalue weighted by atomic mass is 9.85. The number of halogens is 6. The molecule has 61 heavy (non-hydrogen) atoms. The Morgan fingerprint density at radius 3 is 2.31 bits per heavy atom. The maximum atomic E-state index is 15.7. The number of pyridine rings is 1. The van der Waals surface area contributed by atoms with Gasteiger partial charge in [0.2, 0.25) is 11.8 Å². The van der Waals surface area contributed by atoms with E-state index in [9.17, 15) is 27.6 Å². The largest absolute Gasteiger partial charge is 0.491 e. The number of amides is 2. The number of anilines is 2. The molecule has 0 saturated carbocycles. The van der Waals surface area contributed by atoms with Crippen LogP contribution in [0.15, 0.2) is 42.6 Å². The molecular formula is C43H50F6N6O5S. The predicted molar refractivity (Wildman–Crippen MR) is 221 cm³/mol. The monoisotopic (exact) mass is 876 g/mol. The van der Waals surface area contributed by atoms with Crippen LogP contribution in [0.1, 0.15) is 84.8 Å². The summed E-state index contributed by atoms with van der Waals surface area (Å²) in [6, 6.07) is 7.17. The number of carbonyl (C=O) groups excluding carboxylic acids is 3. The molecule has 330 valence electrons. The first-order valence-electron chi connectivity index (χ1n) is 19.6. The van der Waals surface area contributed by atoms with Crippen molar-refractivity contribution in [2.24, 2.45) is 5.41 Å². The summed E-state index contributed by atoms with van der Waals surface area (Å²) in [5.74, 6) is -4.09. The molecule has 11 nitrogen and oxygen atoms in total. The van der Waals surface area contributed by atoms with Gasteiger partial charge in [0.05, 0.1) is 41.4 Å². The van der Waals surface area contributed by atoms with Crippen molar-refractivity contribution in [1.82, 2.24) is 15.2 Å². The fraction of sp³-hybridized carbons (Fsp3) is 0.488. The summed E-state index contributed by atoms with van der Waals surface area (Å²) in [5.41, 5.74) is -5.80. The Kier molecular flexibility index (Phi) is 15.9. The second-order valence-electron chi connectivity index (χ2n) is 16.4. The number of nitrogens with zero attached hydrogens (tertiary/aromatic N) is 5. The number of carbonyl (C=O) groups is 3. The van der Waals surface area contributed by atoms with Gasteiger partial charge in [0.1, 0.15) is 30.2 Å². The molecule has 1 aliphatic rings. The van der Waals surface area contributed by atoms with Gasteiger partial charge in [-0.2, -0.15) is 18.4 Å². The zero-order chi connectivity index (χ0) is 45.4. The van der Waals surface area contributed by atoms with E-state index in [-0.39, 0.29) is 60.4 Å². The van der Waals surface area contributed by atoms with E-state index < -0.39 is 62.6 Å². The predicted octanol–water partition coefficient (Wildman–Crippen LogP) is 8.37. The van der Waals surface area contributed by atoms with Gasteiger partial charge in [-0.3, -0.25) is 14.6 Å². The van der Waals surface area contributed by atoms with E-state index in [1.54, 1.807) is 0 Å². The third kappa shape index (κ3) is 11.8. The van der Waals surface area contributed by atoms with Crippen LogP contribution >= 0.6 is 12.2 Å². The van der Waals surface area contributed by atoms with Crippen molar-refractivity contribution >= 4 is 46.8 Å². The molecule has 18 heteroatoms. The molecule has 1 N–H and O–H groups in total. The second kappa shape index (κ2) is 20.1. The first-order valence-corrected chi connectivity index (χ1v) is 20.0. The van der Waals surface area contributed by atoms with Gasteiger partial charge in [-0.05, 0) is 101 Å². The minimum absolute atomic E-state index is 0.0408. The maximum absolute atomic E-state index is 15.7. The number of thiocarbonyl (C=S) groups is 1. The number of unbranched alkanes of at least 4 members (excludes halogenated alkanes) is 2. The Morgan fingerprint density at radius 1 is 1.05 bits per heavy atom. The number of aromatic nitrogens is 1. The van der Waals surface area contributed by atoms with Crippen LogP contribution in [0.2, 0.25) is 0 Å². The lowest BCUT2D eigenvalue weighted by Crippen LogP contribution is -2.56. The normalized spacial score (nSPS) is 14.9. The molecule has 3 aromatic rings. The van der Waals surface area contributed by atoms with Crippen LogP contribution in [0.25, 0.3) is 11.3 Å². The van der Waals surface area contributed by atoms with Gasteiger partial charge in [-0.15, -0.1) is 0 Å². The molecule has 1 fully saturated rings. The highest BCUT2D eigenvalue weighted by molar-refractivity contribution is 7.80. The molecule has 1 aliphatic heterocycles. The molecule has 1 aromatic heterocycles. The van der Waals surface area contributed by atoms with Crippen LogP contribution in [-0.4, -0.2) is 84.1 Å². The van der Waals surface area contributed by atoms with Crippen molar-refractivity contribution in [2.45, 2.75) is 97.4 Å². The molecular weight excluding hydrogens is 827 g/mol. The van der Waals surface area contributed by atoms with Gasteiger partial charge in [0, 0.05) is 37.9 Å². The number of nitrogens with one attached hydrogen (secondary N) is 1. The molecule has 0 spiro atoms. The highest BCUT2D eigenvalue weighted by Crippen LogP contribution is 2.39. The van der Waals surface area contributed by atoms with Crippen LogP contribution in [0.5, 0.6) is 5.75 Å². The van der Waals surface area contributed by atoms with E-state index in [2.05, 4.69) is 10.3 Å². The van der Waals surface area contributed by atoms with E-state index in [1.165, 1.54) is 32.0 Å². The SMILES string of the molecule is CC1CCCN1C(=O)C(NC(=O)COCCCCCOc1ccc(-c2ncc(N(C(=S)N(C)c3ccc(C#N)c(C(F)(F)F)c3F)C(C)(C)C=O)cc2F)cc1F)C(C)(C)C. The van der Waals surface area contributed by atoms with Crippen molar-refractivity contribution in [3.63, 3.8) is 0 Å². The molecule has 2 unspecified atom stereocenters. The molecule has 0 radical (unpaired) electrons. The molecule has 2 aromatic carbocycles. The fourth-order valence-corrected chi connectivity index (χ4v) is 7.26. The van der Waals surface area contributed by atoms with Gasteiger partial charge in [0.25, 0.3) is 0 Å². The summed E-state index contributed by atoms with van der Waals surface area (Å²) in [6.07, 6.45) is 0.00872. The number of likely N-dealkylation sites (tertiary alicyclic amines) is 1. The van der Waals surface area contributed by atoms with E-state index in [0.717, 1.165) is 60.2 Å². The van der Waals surface area contributed by atoms with Crippen molar-refractivity contribution in [1.29, 1.82) is 5.26 Å². The summed E-state index contributed by atoms with van der Waals surface area (Å²) in [6.45, 7) is 11.4. The van der Waals surface area contributed by atoms with Crippen molar-refractivity contribution in [3.05, 3.63) is 71.2 Å². The average molecular weight is 877 g/mol. The minimum Gasteiger partial charge on any atom is -0.491 e. The summed E-state index contributed by atoms with van der Waals surface area (Å²) < 4.78 is 98.4. The van der Waals surface area contributed by atoms with Gasteiger partial charge in [-0.1, -0.05) is 20.8 Å². The molecule has 2 atom stereocenters. The van der Waals surface area contributed by atoms with Crippen LogP contribution in [0, 0.1) is 34.2 Å². The summed E-state index contributed by atoms with van der Waals surface area (Å²) in [7, 11) is 1.15. The van der Waals surface area contributed by atoms with Crippen LogP contribution < -0.4 is 19.9 Å². The number of hydrogen-bond acceptors (Lipinski definition) is 8. The highest BCUT2D eigenvalue weighted by atomic mass is 32.1. The van der Waals surface area contributed by atoms with E-state index in [0.29, 0.717) is 32.1 Å². The zero-order valence-corrected chi connectivity index (χ0v) is 35.9. The van der Waals surface area contributed by atoms with Gasteiger partial charge in [-0.25, -0.2) is 13.2 Å². The van der Waals surface area contributed by atoms with E-state index in [4.69, 9.17) is 27.0 Å². The van der Waals surface area contributed by atoms with Crippen molar-refractivity contribution in [3.8, 4) is 23.1 Å². The first kappa shape index (κ1) is 48.4. The van der Waals surface area contributed by atoms with E-state index in [1.807, 2.05) is 32.6 Å². The Balaban J connectivity index is 1.33. The molecule has 0 aliphatic carbocycles. The van der Waals surface area contributed by atoms with Crippen LogP contribution in [-0.2, 0) is 25.3 Å². The first-order chi connectivity index (χ1) is 28.5. The van der Waals surface area contributed by atoms with Crippen molar-refractivity contribution in [2.75, 3.05) is 43.2 Å². The molecule has 4 rings (SSSR count). The molecule has 2 heterocycles. The fourth-order valence-electron chi connectivity index (χ4n) is 6.83. The number of rotatable bonds is 16. The number of nitriles is 1. The molecule has 1 saturated heterocycles. The van der Waals surface area contributed by atoms with Gasteiger partial charge in [0.15, 0.2) is 28.3 Å². The summed E-state index contributed by atoms with van der Waals surface area (Å²) in [5, 5.41) is 11.6. The Labute approximate surface area is 357 Å². The Morgan fingerprint density at radius 2 is 1.74 bits per heavy atom. The average Bonchev–Trinajstić information content (AvgIpc) is 3.62. The van der Waals surface area contributed by atoms with E-state index >= 15 is 13.2 Å². The Hall–Kier alpha value is -5.28. The number of benzene rings is 2. The molecule has 2 amide bonds. The zero-order valence-electron chi connectivity index (χ0n) is 35.1. The van der Waals surface area contributed by atoms with Gasteiger partial charge >= 0.3 is 6.18 Å². The lowest BCUT2D eigenvalue weighted by Gasteiger charge is -2.39. The maximum Gasteiger partial charge on any atom is 0.420 e. The minimum atomic E-state index is -5.21. The third-order valence-electron chi connectivity index (χ3n) is 10.2. The second-order valence-corrected chi connectivity index (χ2v) is 16.8. The number of alkyl halides is 3. The Bertz CT molecular complexity index is 2140. The van der Waals surface area contributed by atoms with Crippen molar-refractivity contribution < 1.29 is 50.2 Å². The number of ether oxygens (including phenoxy) is 2. The summed E-state index contributed by atoms with van der Waals surface area (Å²) >= 11 is 5.50. The van der Waals surface area contributed by atoms with Crippen LogP contribution in [0.3, 0.4) is 0 Å². The third-order valence-corrected chi connectivity index (χ3v) is 10.7.